The third kappa shape index (κ3) is 7.45. The van der Waals surface area contributed by atoms with Gasteiger partial charge in [-0.1, -0.05) is 132 Å². The van der Waals surface area contributed by atoms with Crippen molar-refractivity contribution in [3.8, 4) is 23.0 Å². The van der Waals surface area contributed by atoms with Crippen molar-refractivity contribution in [3.63, 3.8) is 0 Å². The molecule has 0 saturated heterocycles. The van der Waals surface area contributed by atoms with E-state index >= 15 is 0 Å². The maximum absolute atomic E-state index is 12.1. The van der Waals surface area contributed by atoms with Crippen LogP contribution in [0.2, 0.25) is 0 Å². The first-order valence-electron chi connectivity index (χ1n) is 19.6. The van der Waals surface area contributed by atoms with Gasteiger partial charge in [0.05, 0.1) is 0 Å². The van der Waals surface area contributed by atoms with Crippen molar-refractivity contribution < 1.29 is 20.4 Å². The van der Waals surface area contributed by atoms with Crippen LogP contribution in [-0.4, -0.2) is 20.4 Å². The van der Waals surface area contributed by atoms with Gasteiger partial charge in [-0.05, 0) is 114 Å². The molecule has 4 aromatic carbocycles. The van der Waals surface area contributed by atoms with Crippen molar-refractivity contribution >= 4 is 0 Å². The summed E-state index contributed by atoms with van der Waals surface area (Å²) in [5, 5.41) is 48.4. The van der Waals surface area contributed by atoms with Crippen LogP contribution in [0.25, 0.3) is 0 Å². The molecule has 0 atom stereocenters. The van der Waals surface area contributed by atoms with Gasteiger partial charge in [-0.25, -0.2) is 0 Å². The number of phenolic OH excluding ortho intramolecular Hbond substituents is 4. The minimum Gasteiger partial charge on any atom is -0.507 e. The third-order valence-corrected chi connectivity index (χ3v) is 13.3. The molecular weight excluding hydrogens is 641 g/mol. The lowest BCUT2D eigenvalue weighted by Gasteiger charge is -2.29. The Bertz CT molecular complexity index is 1590. The smallest absolute Gasteiger partial charge is 0.122 e. The molecule has 1 aliphatic rings. The Labute approximate surface area is 314 Å². The second-order valence-corrected chi connectivity index (χ2v) is 18.2. The van der Waals surface area contributed by atoms with Crippen molar-refractivity contribution in [2.45, 2.75) is 156 Å². The Kier molecular flexibility index (Phi) is 10.7. The molecule has 5 rings (SSSR count). The molecule has 0 unspecified atom stereocenters. The Morgan fingerprint density at radius 2 is 0.462 bits per heavy atom. The number of benzene rings is 4. The van der Waals surface area contributed by atoms with Gasteiger partial charge in [-0.15, -0.1) is 0 Å². The Morgan fingerprint density at radius 3 is 0.577 bits per heavy atom. The Morgan fingerprint density at radius 1 is 0.327 bits per heavy atom. The van der Waals surface area contributed by atoms with Crippen molar-refractivity contribution in [3.05, 3.63) is 115 Å². The predicted molar refractivity (Wildman–Crippen MR) is 217 cm³/mol. The lowest BCUT2D eigenvalue weighted by molar-refractivity contribution is 0.446. The first kappa shape index (κ1) is 39.3. The number of aromatic hydroxyl groups is 4. The summed E-state index contributed by atoms with van der Waals surface area (Å²) in [6.45, 7) is 26.6. The van der Waals surface area contributed by atoms with Crippen molar-refractivity contribution in [1.29, 1.82) is 0 Å². The molecule has 0 aliphatic heterocycles. The van der Waals surface area contributed by atoms with Crippen molar-refractivity contribution in [2.24, 2.45) is 0 Å². The lowest BCUT2D eigenvalue weighted by atomic mass is 9.76. The highest BCUT2D eigenvalue weighted by Gasteiger charge is 2.29. The molecule has 0 amide bonds. The average Bonchev–Trinajstić information content (AvgIpc) is 3.10. The number of fused-ring (bicyclic) bond motifs is 8. The van der Waals surface area contributed by atoms with Gasteiger partial charge in [0.1, 0.15) is 23.0 Å². The first-order valence-corrected chi connectivity index (χ1v) is 19.6. The zero-order valence-electron chi connectivity index (χ0n) is 34.1. The summed E-state index contributed by atoms with van der Waals surface area (Å²) in [4.78, 5) is 0. The van der Waals surface area contributed by atoms with Crippen LogP contribution in [0.1, 0.15) is 176 Å². The van der Waals surface area contributed by atoms with Crippen LogP contribution in [0.5, 0.6) is 23.0 Å². The normalized spacial score (nSPS) is 14.1. The summed E-state index contributed by atoms with van der Waals surface area (Å²) in [6, 6.07) is 16.9. The van der Waals surface area contributed by atoms with Crippen LogP contribution >= 0.6 is 0 Å². The van der Waals surface area contributed by atoms with E-state index in [1.54, 1.807) is 0 Å². The second-order valence-electron chi connectivity index (χ2n) is 18.2. The molecule has 4 heteroatoms. The van der Waals surface area contributed by atoms with Crippen LogP contribution in [0.4, 0.5) is 0 Å². The third-order valence-electron chi connectivity index (χ3n) is 13.3. The molecule has 52 heavy (non-hydrogen) atoms. The van der Waals surface area contributed by atoms with Gasteiger partial charge in [0, 0.05) is 25.7 Å². The number of hydrogen-bond donors (Lipinski definition) is 4. The fraction of sp³-hybridized carbons (Fsp3) is 0.500. The summed E-state index contributed by atoms with van der Waals surface area (Å²) < 4.78 is 0. The first-order chi connectivity index (χ1) is 24.2. The van der Waals surface area contributed by atoms with Gasteiger partial charge in [-0.2, -0.15) is 0 Å². The molecule has 0 radical (unpaired) electrons. The van der Waals surface area contributed by atoms with E-state index in [9.17, 15) is 20.4 Å². The van der Waals surface area contributed by atoms with Gasteiger partial charge >= 0.3 is 0 Å². The maximum Gasteiger partial charge on any atom is 0.122 e. The molecule has 0 aromatic heterocycles. The Balaban J connectivity index is 1.91. The highest BCUT2D eigenvalue weighted by Crippen LogP contribution is 2.44. The largest absolute Gasteiger partial charge is 0.507 e. The van der Waals surface area contributed by atoms with Crippen molar-refractivity contribution in [1.82, 2.24) is 0 Å². The molecule has 0 spiro atoms. The summed E-state index contributed by atoms with van der Waals surface area (Å²) >= 11 is 0. The van der Waals surface area contributed by atoms with E-state index in [0.717, 1.165) is 92.4 Å². The molecule has 0 heterocycles. The van der Waals surface area contributed by atoms with E-state index in [1.165, 1.54) is 0 Å². The number of rotatable bonds is 8. The van der Waals surface area contributed by atoms with E-state index in [2.05, 4.69) is 132 Å². The van der Waals surface area contributed by atoms with Gasteiger partial charge in [0.2, 0.25) is 0 Å². The molecular formula is C48H64O4. The quantitative estimate of drug-likeness (QED) is 0.130. The fourth-order valence-electron chi connectivity index (χ4n) is 7.32. The highest BCUT2D eigenvalue weighted by atomic mass is 16.3. The van der Waals surface area contributed by atoms with Crippen LogP contribution in [0.15, 0.2) is 48.5 Å². The minimum atomic E-state index is -0.152. The predicted octanol–water partition coefficient (Wildman–Crippen LogP) is 11.9. The van der Waals surface area contributed by atoms with Gasteiger partial charge in [-0.3, -0.25) is 0 Å². The molecule has 4 N–H and O–H groups in total. The summed E-state index contributed by atoms with van der Waals surface area (Å²) in [5.74, 6) is 0.831. The number of hydrogen-bond acceptors (Lipinski definition) is 4. The standard InChI is InChI=1S/C48H64O4/c1-13-45(5,6)37-21-29-17-31-23-38(46(7,8)14-2)25-33(42(31)50)19-35-27-40(48(11,12)16-4)28-36(44(35)52)20-34-26-39(47(9,10)15-3)24-32(43(34)51)18-30(22-37)41(29)49/h21-28,49-52H,13-20H2,1-12H3. The summed E-state index contributed by atoms with van der Waals surface area (Å²) in [6.07, 6.45) is 5.05. The van der Waals surface area contributed by atoms with Crippen LogP contribution in [0.3, 0.4) is 0 Å². The van der Waals surface area contributed by atoms with Crippen LogP contribution < -0.4 is 0 Å². The molecule has 4 aromatic rings. The van der Waals surface area contributed by atoms with E-state index in [0.29, 0.717) is 25.7 Å². The molecule has 8 bridgehead atoms. The maximum atomic E-state index is 12.1. The SMILES string of the molecule is CCC(C)(C)c1cc2c(O)c(c1)Cc1cc(C(C)(C)CC)cc(c1O)Cc1cc(C(C)(C)CC)cc(c1O)Cc1cc(C(C)(C)CC)cc(c1O)C2. The fourth-order valence-corrected chi connectivity index (χ4v) is 7.32. The van der Waals surface area contributed by atoms with E-state index in [1.807, 2.05) is 0 Å². The summed E-state index contributed by atoms with van der Waals surface area (Å²) in [5.41, 5.74) is 9.97. The van der Waals surface area contributed by atoms with Gasteiger partial charge < -0.3 is 20.4 Å². The zero-order chi connectivity index (χ0) is 38.6. The zero-order valence-corrected chi connectivity index (χ0v) is 34.1. The Hall–Kier alpha value is -3.92. The molecule has 4 nitrogen and oxygen atoms in total. The number of phenols is 4. The van der Waals surface area contributed by atoms with E-state index < -0.39 is 0 Å². The van der Waals surface area contributed by atoms with Crippen LogP contribution in [-0.2, 0) is 47.3 Å². The molecule has 1 aliphatic carbocycles. The van der Waals surface area contributed by atoms with E-state index in [4.69, 9.17) is 0 Å². The molecule has 0 saturated carbocycles. The average molecular weight is 705 g/mol. The van der Waals surface area contributed by atoms with Gasteiger partial charge in [0.15, 0.2) is 0 Å². The second kappa shape index (κ2) is 14.1. The van der Waals surface area contributed by atoms with Crippen molar-refractivity contribution in [2.75, 3.05) is 0 Å². The van der Waals surface area contributed by atoms with E-state index in [-0.39, 0.29) is 44.7 Å². The minimum absolute atomic E-state index is 0.152. The van der Waals surface area contributed by atoms with Gasteiger partial charge in [0.25, 0.3) is 0 Å². The topological polar surface area (TPSA) is 80.9 Å². The molecule has 0 fully saturated rings. The molecule has 280 valence electrons. The highest BCUT2D eigenvalue weighted by molar-refractivity contribution is 5.59. The monoisotopic (exact) mass is 704 g/mol. The lowest BCUT2D eigenvalue weighted by Crippen LogP contribution is -2.18. The summed E-state index contributed by atoms with van der Waals surface area (Å²) in [7, 11) is 0. The van der Waals surface area contributed by atoms with Crippen LogP contribution in [0, 0.1) is 0 Å².